The molecule has 0 heterocycles. The van der Waals surface area contributed by atoms with Crippen molar-refractivity contribution in [2.24, 2.45) is 17.8 Å². The van der Waals surface area contributed by atoms with Crippen molar-refractivity contribution in [3.05, 3.63) is 64.7 Å². The maximum absolute atomic E-state index is 13.9. The first-order valence-electron chi connectivity index (χ1n) is 15.9. The highest BCUT2D eigenvalue weighted by atomic mass is 35.5. The standard InChI is InChI=1S/C34H44ClN3O4S/c1-23(33(40)36-30-8-3-4-9-30)37(21-24-6-5-7-29(35)17-24)32(39)22-38(43(2,41)42)31-12-10-28(11-13-31)34-18-25-14-26(19-34)16-27(15-25)20-34/h5-7,10-13,17,23,25-27,30H,3-4,8-9,14-16,18-22H2,1-2H3,(H,36,40)/t23-,25?,26?,27?,34?/m0/s1. The summed E-state index contributed by atoms with van der Waals surface area (Å²) in [6, 6.07) is 14.4. The van der Waals surface area contributed by atoms with Gasteiger partial charge in [0.05, 0.1) is 11.9 Å². The van der Waals surface area contributed by atoms with Crippen LogP contribution in [0.2, 0.25) is 5.02 Å². The lowest BCUT2D eigenvalue weighted by Crippen LogP contribution is -2.52. The number of hydrogen-bond acceptors (Lipinski definition) is 4. The molecule has 5 saturated carbocycles. The second kappa shape index (κ2) is 12.1. The maximum Gasteiger partial charge on any atom is 0.244 e. The van der Waals surface area contributed by atoms with Gasteiger partial charge in [0.25, 0.3) is 0 Å². The summed E-state index contributed by atoms with van der Waals surface area (Å²) < 4.78 is 27.4. The van der Waals surface area contributed by atoms with Crippen LogP contribution in [-0.4, -0.2) is 50.0 Å². The van der Waals surface area contributed by atoms with Gasteiger partial charge in [-0.05, 0) is 117 Å². The number of nitrogens with one attached hydrogen (secondary N) is 1. The SMILES string of the molecule is C[C@@H](C(=O)NC1CCCC1)N(Cc1cccc(Cl)c1)C(=O)CN(c1ccc(C23CC4CC(CC(C4)C2)C3)cc1)S(C)(=O)=O. The van der Waals surface area contributed by atoms with E-state index in [4.69, 9.17) is 11.6 Å². The number of anilines is 1. The molecule has 1 atom stereocenters. The minimum absolute atomic E-state index is 0.109. The Balaban J connectivity index is 1.23. The van der Waals surface area contributed by atoms with Crippen molar-refractivity contribution in [2.75, 3.05) is 17.1 Å². The third-order valence-electron chi connectivity index (χ3n) is 10.6. The van der Waals surface area contributed by atoms with Crippen LogP contribution in [0, 0.1) is 17.8 Å². The van der Waals surface area contributed by atoms with Crippen LogP contribution in [0.25, 0.3) is 0 Å². The van der Waals surface area contributed by atoms with Crippen LogP contribution in [-0.2, 0) is 31.6 Å². The summed E-state index contributed by atoms with van der Waals surface area (Å²) in [6.45, 7) is 1.45. The molecule has 0 saturated heterocycles. The number of rotatable bonds is 10. The van der Waals surface area contributed by atoms with E-state index in [0.717, 1.165) is 55.3 Å². The smallest absolute Gasteiger partial charge is 0.244 e. The predicted octanol–water partition coefficient (Wildman–Crippen LogP) is 6.05. The van der Waals surface area contributed by atoms with E-state index < -0.39 is 28.5 Å². The number of carbonyl (C=O) groups excluding carboxylic acids is 2. The Morgan fingerprint density at radius 2 is 1.58 bits per heavy atom. The zero-order valence-corrected chi connectivity index (χ0v) is 26.9. The summed E-state index contributed by atoms with van der Waals surface area (Å²) >= 11 is 6.23. The van der Waals surface area contributed by atoms with Crippen LogP contribution >= 0.6 is 11.6 Å². The number of halogens is 1. The Hall–Kier alpha value is -2.58. The summed E-state index contributed by atoms with van der Waals surface area (Å²) in [6.07, 6.45) is 12.9. The first kappa shape index (κ1) is 30.4. The lowest BCUT2D eigenvalue weighted by Gasteiger charge is -2.57. The normalized spacial score (nSPS) is 27.2. The number of amides is 2. The Morgan fingerprint density at radius 3 is 2.14 bits per heavy atom. The lowest BCUT2D eigenvalue weighted by atomic mass is 9.48. The fraction of sp³-hybridized carbons (Fsp3) is 0.588. The van der Waals surface area contributed by atoms with Crippen molar-refractivity contribution in [1.82, 2.24) is 10.2 Å². The number of hydrogen-bond donors (Lipinski definition) is 1. The van der Waals surface area contributed by atoms with Crippen molar-refractivity contribution in [1.29, 1.82) is 0 Å². The van der Waals surface area contributed by atoms with Gasteiger partial charge in [-0.2, -0.15) is 0 Å². The highest BCUT2D eigenvalue weighted by Gasteiger charge is 2.51. The number of nitrogens with zero attached hydrogens (tertiary/aromatic N) is 2. The van der Waals surface area contributed by atoms with Crippen molar-refractivity contribution in [3.8, 4) is 0 Å². The van der Waals surface area contributed by atoms with Gasteiger partial charge in [-0.1, -0.05) is 48.7 Å². The van der Waals surface area contributed by atoms with E-state index in [2.05, 4.69) is 17.4 Å². The molecule has 9 heteroatoms. The quantitative estimate of drug-likeness (QED) is 0.348. The van der Waals surface area contributed by atoms with E-state index in [9.17, 15) is 18.0 Å². The molecule has 1 N–H and O–H groups in total. The molecule has 2 aromatic rings. The van der Waals surface area contributed by atoms with Gasteiger partial charge >= 0.3 is 0 Å². The fourth-order valence-electron chi connectivity index (χ4n) is 8.87. The molecule has 43 heavy (non-hydrogen) atoms. The van der Waals surface area contributed by atoms with Crippen LogP contribution < -0.4 is 9.62 Å². The van der Waals surface area contributed by atoms with E-state index in [0.29, 0.717) is 10.7 Å². The maximum atomic E-state index is 13.9. The molecule has 0 aliphatic heterocycles. The molecule has 0 aromatic heterocycles. The van der Waals surface area contributed by atoms with Gasteiger partial charge in [-0.3, -0.25) is 13.9 Å². The summed E-state index contributed by atoms with van der Waals surface area (Å²) in [5, 5.41) is 3.63. The van der Waals surface area contributed by atoms with Gasteiger partial charge in [-0.15, -0.1) is 0 Å². The van der Waals surface area contributed by atoms with Crippen LogP contribution in [0.3, 0.4) is 0 Å². The summed E-state index contributed by atoms with van der Waals surface area (Å²) in [5.74, 6) is 1.77. The van der Waals surface area contributed by atoms with E-state index in [-0.39, 0.29) is 23.9 Å². The van der Waals surface area contributed by atoms with Crippen LogP contribution in [0.15, 0.2) is 48.5 Å². The minimum atomic E-state index is -3.78. The molecule has 5 fully saturated rings. The topological polar surface area (TPSA) is 86.8 Å². The Bertz CT molecular complexity index is 1420. The number of benzene rings is 2. The molecule has 0 unspecified atom stereocenters. The fourth-order valence-corrected chi connectivity index (χ4v) is 9.93. The van der Waals surface area contributed by atoms with Crippen molar-refractivity contribution in [2.45, 2.75) is 95.2 Å². The second-order valence-corrected chi connectivity index (χ2v) is 16.2. The molecule has 5 aliphatic carbocycles. The highest BCUT2D eigenvalue weighted by Crippen LogP contribution is 2.60. The molecule has 0 radical (unpaired) electrons. The Labute approximate surface area is 261 Å². The van der Waals surface area contributed by atoms with Gasteiger partial charge in [0, 0.05) is 17.6 Å². The first-order valence-corrected chi connectivity index (χ1v) is 18.1. The number of sulfonamides is 1. The zero-order valence-electron chi connectivity index (χ0n) is 25.3. The van der Waals surface area contributed by atoms with E-state index in [1.54, 1.807) is 25.1 Å². The molecular formula is C34H44ClN3O4S. The average Bonchev–Trinajstić information content (AvgIpc) is 3.46. The summed E-state index contributed by atoms with van der Waals surface area (Å²) in [4.78, 5) is 28.7. The third-order valence-corrected chi connectivity index (χ3v) is 12.0. The highest BCUT2D eigenvalue weighted by molar-refractivity contribution is 7.92. The molecule has 7 nitrogen and oxygen atoms in total. The largest absolute Gasteiger partial charge is 0.352 e. The molecule has 5 aliphatic rings. The van der Waals surface area contributed by atoms with E-state index in [1.807, 2.05) is 18.2 Å². The van der Waals surface area contributed by atoms with E-state index >= 15 is 0 Å². The molecule has 7 rings (SSSR count). The second-order valence-electron chi connectivity index (χ2n) is 13.8. The third kappa shape index (κ3) is 6.60. The number of carbonyl (C=O) groups is 2. The molecule has 2 aromatic carbocycles. The van der Waals surface area contributed by atoms with Crippen molar-refractivity contribution >= 4 is 39.1 Å². The monoisotopic (exact) mass is 625 g/mol. The molecular weight excluding hydrogens is 582 g/mol. The van der Waals surface area contributed by atoms with Crippen LogP contribution in [0.4, 0.5) is 5.69 Å². The first-order chi connectivity index (χ1) is 20.5. The summed E-state index contributed by atoms with van der Waals surface area (Å²) in [5.41, 5.74) is 2.74. The van der Waals surface area contributed by atoms with Crippen molar-refractivity contribution < 1.29 is 18.0 Å². The van der Waals surface area contributed by atoms with Crippen LogP contribution in [0.1, 0.15) is 82.3 Å². The van der Waals surface area contributed by atoms with Gasteiger partial charge in [0.2, 0.25) is 21.8 Å². The molecule has 232 valence electrons. The van der Waals surface area contributed by atoms with Crippen LogP contribution in [0.5, 0.6) is 0 Å². The average molecular weight is 626 g/mol. The van der Waals surface area contributed by atoms with E-state index in [1.165, 1.54) is 53.3 Å². The Kier molecular flexibility index (Phi) is 8.55. The van der Waals surface area contributed by atoms with Gasteiger partial charge in [0.1, 0.15) is 12.6 Å². The zero-order chi connectivity index (χ0) is 30.4. The van der Waals surface area contributed by atoms with Gasteiger partial charge < -0.3 is 10.2 Å². The van der Waals surface area contributed by atoms with Gasteiger partial charge in [0.15, 0.2) is 0 Å². The Morgan fingerprint density at radius 1 is 0.977 bits per heavy atom. The lowest BCUT2D eigenvalue weighted by molar-refractivity contribution is -0.139. The minimum Gasteiger partial charge on any atom is -0.352 e. The molecule has 0 spiro atoms. The molecule has 2 amide bonds. The van der Waals surface area contributed by atoms with Crippen molar-refractivity contribution in [3.63, 3.8) is 0 Å². The summed E-state index contributed by atoms with van der Waals surface area (Å²) in [7, 11) is -3.78. The predicted molar refractivity (Wildman–Crippen MR) is 170 cm³/mol. The van der Waals surface area contributed by atoms with Gasteiger partial charge in [-0.25, -0.2) is 8.42 Å². The molecule has 4 bridgehead atoms.